The molecule has 5 nitrogen and oxygen atoms in total. The maximum atomic E-state index is 12.3. The van der Waals surface area contributed by atoms with Gasteiger partial charge in [-0.05, 0) is 38.0 Å². The predicted molar refractivity (Wildman–Crippen MR) is 89.4 cm³/mol. The minimum Gasteiger partial charge on any atom is -0.376 e. The third-order valence-corrected chi connectivity index (χ3v) is 4.16. The van der Waals surface area contributed by atoms with Gasteiger partial charge in [-0.15, -0.1) is 0 Å². The third-order valence-electron chi connectivity index (χ3n) is 3.93. The highest BCUT2D eigenvalue weighted by molar-refractivity contribution is 6.31. The third kappa shape index (κ3) is 3.91. The van der Waals surface area contributed by atoms with Crippen molar-refractivity contribution < 1.29 is 9.59 Å². The van der Waals surface area contributed by atoms with Gasteiger partial charge in [-0.3, -0.25) is 9.59 Å². The maximum absolute atomic E-state index is 12.3. The number of anilines is 2. The molecule has 0 aromatic heterocycles. The van der Waals surface area contributed by atoms with Crippen LogP contribution in [0.4, 0.5) is 11.4 Å². The molecule has 1 atom stereocenters. The van der Waals surface area contributed by atoms with Crippen LogP contribution in [0.5, 0.6) is 0 Å². The SMILES string of the molecule is C[C@@H](NC(=O)C1CCC1)C(=O)Nc1cc(Cl)ccc1N(C)C. The molecule has 0 saturated heterocycles. The van der Waals surface area contributed by atoms with Crippen LogP contribution in [0.2, 0.25) is 5.02 Å². The highest BCUT2D eigenvalue weighted by Gasteiger charge is 2.27. The van der Waals surface area contributed by atoms with Crippen LogP contribution in [0.3, 0.4) is 0 Å². The Hall–Kier alpha value is -1.75. The van der Waals surface area contributed by atoms with Crippen molar-refractivity contribution in [2.75, 3.05) is 24.3 Å². The molecule has 0 unspecified atom stereocenters. The fraction of sp³-hybridized carbons (Fsp3) is 0.500. The number of amides is 2. The average Bonchev–Trinajstić information content (AvgIpc) is 2.35. The number of nitrogens with zero attached hydrogens (tertiary/aromatic N) is 1. The van der Waals surface area contributed by atoms with Gasteiger partial charge in [0.1, 0.15) is 6.04 Å². The van der Waals surface area contributed by atoms with E-state index in [1.165, 1.54) is 0 Å². The Morgan fingerprint density at radius 1 is 1.32 bits per heavy atom. The molecule has 2 amide bonds. The Bertz CT molecular complexity index is 571. The van der Waals surface area contributed by atoms with E-state index >= 15 is 0 Å². The quantitative estimate of drug-likeness (QED) is 0.875. The number of carbonyl (C=O) groups is 2. The van der Waals surface area contributed by atoms with Crippen molar-refractivity contribution in [3.05, 3.63) is 23.2 Å². The molecule has 2 N–H and O–H groups in total. The van der Waals surface area contributed by atoms with Crippen LogP contribution in [-0.4, -0.2) is 32.0 Å². The van der Waals surface area contributed by atoms with Crippen LogP contribution in [0.15, 0.2) is 18.2 Å². The van der Waals surface area contributed by atoms with Crippen LogP contribution in [0.1, 0.15) is 26.2 Å². The summed E-state index contributed by atoms with van der Waals surface area (Å²) in [4.78, 5) is 26.1. The van der Waals surface area contributed by atoms with Gasteiger partial charge >= 0.3 is 0 Å². The Morgan fingerprint density at radius 3 is 2.55 bits per heavy atom. The lowest BCUT2D eigenvalue weighted by Gasteiger charge is -2.26. The second-order valence-electron chi connectivity index (χ2n) is 5.90. The van der Waals surface area contributed by atoms with E-state index in [9.17, 15) is 9.59 Å². The fourth-order valence-electron chi connectivity index (χ4n) is 2.31. The van der Waals surface area contributed by atoms with Gasteiger partial charge in [-0.2, -0.15) is 0 Å². The molecule has 1 saturated carbocycles. The molecule has 1 aromatic carbocycles. The van der Waals surface area contributed by atoms with Crippen LogP contribution >= 0.6 is 11.6 Å². The normalized spacial score (nSPS) is 15.6. The number of halogens is 1. The molecule has 1 aromatic rings. The van der Waals surface area contributed by atoms with E-state index < -0.39 is 6.04 Å². The van der Waals surface area contributed by atoms with Crippen LogP contribution in [0, 0.1) is 5.92 Å². The van der Waals surface area contributed by atoms with E-state index in [1.807, 2.05) is 25.1 Å². The van der Waals surface area contributed by atoms with E-state index in [0.717, 1.165) is 24.9 Å². The van der Waals surface area contributed by atoms with Crippen molar-refractivity contribution >= 4 is 34.8 Å². The number of carbonyl (C=O) groups excluding carboxylic acids is 2. The number of hydrogen-bond acceptors (Lipinski definition) is 3. The van der Waals surface area contributed by atoms with Crippen molar-refractivity contribution in [3.8, 4) is 0 Å². The lowest BCUT2D eigenvalue weighted by atomic mass is 9.84. The second kappa shape index (κ2) is 7.01. The van der Waals surface area contributed by atoms with Crippen LogP contribution < -0.4 is 15.5 Å². The van der Waals surface area contributed by atoms with Crippen molar-refractivity contribution in [3.63, 3.8) is 0 Å². The van der Waals surface area contributed by atoms with E-state index in [-0.39, 0.29) is 17.7 Å². The van der Waals surface area contributed by atoms with E-state index in [2.05, 4.69) is 10.6 Å². The highest BCUT2D eigenvalue weighted by Crippen LogP contribution is 2.28. The van der Waals surface area contributed by atoms with Gasteiger partial charge in [0.15, 0.2) is 0 Å². The highest BCUT2D eigenvalue weighted by atomic mass is 35.5. The first-order valence-corrected chi connectivity index (χ1v) is 7.84. The summed E-state index contributed by atoms with van der Waals surface area (Å²) in [6.45, 7) is 1.69. The van der Waals surface area contributed by atoms with Gasteiger partial charge in [-0.1, -0.05) is 18.0 Å². The summed E-state index contributed by atoms with van der Waals surface area (Å²) >= 11 is 6.00. The van der Waals surface area contributed by atoms with Gasteiger partial charge < -0.3 is 15.5 Å². The average molecular weight is 324 g/mol. The van der Waals surface area contributed by atoms with Crippen molar-refractivity contribution in [2.45, 2.75) is 32.2 Å². The molecule has 0 radical (unpaired) electrons. The topological polar surface area (TPSA) is 61.4 Å². The Morgan fingerprint density at radius 2 is 2.00 bits per heavy atom. The van der Waals surface area contributed by atoms with Crippen LogP contribution in [0.25, 0.3) is 0 Å². The predicted octanol–water partition coefficient (Wildman–Crippen LogP) is 2.65. The first-order chi connectivity index (χ1) is 10.4. The number of rotatable bonds is 5. The van der Waals surface area contributed by atoms with Gasteiger partial charge in [0, 0.05) is 25.0 Å². The monoisotopic (exact) mass is 323 g/mol. The minimum absolute atomic E-state index is 0.0344. The summed E-state index contributed by atoms with van der Waals surface area (Å²) in [6.07, 6.45) is 2.92. The largest absolute Gasteiger partial charge is 0.376 e. The summed E-state index contributed by atoms with van der Waals surface area (Å²) in [6, 6.07) is 4.74. The minimum atomic E-state index is -0.581. The molecule has 1 fully saturated rings. The number of benzene rings is 1. The summed E-state index contributed by atoms with van der Waals surface area (Å²) in [5.41, 5.74) is 1.49. The van der Waals surface area contributed by atoms with Gasteiger partial charge in [0.2, 0.25) is 11.8 Å². The zero-order valence-electron chi connectivity index (χ0n) is 13.1. The Balaban J connectivity index is 2.01. The number of hydrogen-bond donors (Lipinski definition) is 2. The molecular formula is C16H22ClN3O2. The molecule has 22 heavy (non-hydrogen) atoms. The zero-order valence-corrected chi connectivity index (χ0v) is 13.9. The molecule has 1 aliphatic rings. The molecule has 0 heterocycles. The molecule has 0 bridgehead atoms. The summed E-state index contributed by atoms with van der Waals surface area (Å²) < 4.78 is 0. The van der Waals surface area contributed by atoms with E-state index in [4.69, 9.17) is 11.6 Å². The summed E-state index contributed by atoms with van der Waals surface area (Å²) in [7, 11) is 3.78. The summed E-state index contributed by atoms with van der Waals surface area (Å²) in [5, 5.41) is 6.15. The summed E-state index contributed by atoms with van der Waals surface area (Å²) in [5.74, 6) is -0.218. The maximum Gasteiger partial charge on any atom is 0.246 e. The number of nitrogens with one attached hydrogen (secondary N) is 2. The second-order valence-corrected chi connectivity index (χ2v) is 6.34. The van der Waals surface area contributed by atoms with E-state index in [0.29, 0.717) is 10.7 Å². The first kappa shape index (κ1) is 16.6. The smallest absolute Gasteiger partial charge is 0.246 e. The molecule has 120 valence electrons. The first-order valence-electron chi connectivity index (χ1n) is 7.46. The lowest BCUT2D eigenvalue weighted by molar-refractivity contribution is -0.130. The van der Waals surface area contributed by atoms with E-state index in [1.54, 1.807) is 19.1 Å². The van der Waals surface area contributed by atoms with Crippen LogP contribution in [-0.2, 0) is 9.59 Å². The molecule has 1 aliphatic carbocycles. The van der Waals surface area contributed by atoms with Gasteiger partial charge in [0.05, 0.1) is 11.4 Å². The van der Waals surface area contributed by atoms with Crippen molar-refractivity contribution in [1.29, 1.82) is 0 Å². The Labute approximate surface area is 136 Å². The van der Waals surface area contributed by atoms with Crippen molar-refractivity contribution in [2.24, 2.45) is 5.92 Å². The molecule has 0 spiro atoms. The molecule has 6 heteroatoms. The molecule has 2 rings (SSSR count). The fourth-order valence-corrected chi connectivity index (χ4v) is 2.48. The lowest BCUT2D eigenvalue weighted by Crippen LogP contribution is -2.45. The van der Waals surface area contributed by atoms with Gasteiger partial charge in [0.25, 0.3) is 0 Å². The molecular weight excluding hydrogens is 302 g/mol. The standard InChI is InChI=1S/C16H22ClN3O2/c1-10(18-16(22)11-5-4-6-11)15(21)19-13-9-12(17)7-8-14(13)20(2)3/h7-11H,4-6H2,1-3H3,(H,18,22)(H,19,21)/t10-/m1/s1. The molecule has 0 aliphatic heterocycles. The Kier molecular flexibility index (Phi) is 5.29. The zero-order chi connectivity index (χ0) is 16.3. The van der Waals surface area contributed by atoms with Crippen molar-refractivity contribution in [1.82, 2.24) is 5.32 Å². The van der Waals surface area contributed by atoms with Gasteiger partial charge in [-0.25, -0.2) is 0 Å².